The maximum Gasteiger partial charge on any atom is 0.352 e. The van der Waals surface area contributed by atoms with Crippen molar-refractivity contribution in [3.8, 4) is 28.7 Å². The number of anilines is 1. The number of nitrogens with zero attached hydrogens (tertiary/aromatic N) is 5. The molecule has 0 atom stereocenters. The summed E-state index contributed by atoms with van der Waals surface area (Å²) in [7, 11) is 1.55. The molecule has 3 aromatic carbocycles. The predicted molar refractivity (Wildman–Crippen MR) is 192 cm³/mol. The van der Waals surface area contributed by atoms with Crippen LogP contribution in [0.5, 0.6) is 23.0 Å². The largest absolute Gasteiger partial charge is 0.493 e. The third-order valence-corrected chi connectivity index (χ3v) is 8.81. The summed E-state index contributed by atoms with van der Waals surface area (Å²) in [5, 5.41) is 6.98. The van der Waals surface area contributed by atoms with Crippen molar-refractivity contribution in [2.24, 2.45) is 5.92 Å². The Morgan fingerprint density at radius 1 is 1.00 bits per heavy atom. The van der Waals surface area contributed by atoms with E-state index in [0.717, 1.165) is 59.4 Å². The zero-order valence-corrected chi connectivity index (χ0v) is 28.8. The Bertz CT molecular complexity index is 2210. The molecule has 52 heavy (non-hydrogen) atoms. The molecule has 0 radical (unpaired) electrons. The molecule has 0 bridgehead atoms. The van der Waals surface area contributed by atoms with Crippen LogP contribution in [0.15, 0.2) is 89.1 Å². The molecule has 1 amide bonds. The highest BCUT2D eigenvalue weighted by molar-refractivity contribution is 6.02. The lowest BCUT2D eigenvalue weighted by Crippen LogP contribution is -2.44. The summed E-state index contributed by atoms with van der Waals surface area (Å²) in [5.41, 5.74) is -1.83. The van der Waals surface area contributed by atoms with E-state index < -0.39 is 34.5 Å². The number of fused-ring (bicyclic) bond motifs is 1. The van der Waals surface area contributed by atoms with E-state index in [1.807, 2.05) is 0 Å². The zero-order valence-electron chi connectivity index (χ0n) is 28.8. The minimum atomic E-state index is -1.00. The quantitative estimate of drug-likeness (QED) is 0.116. The molecular weight excluding hydrogens is 674 g/mol. The number of carbonyl (C=O) groups is 1. The summed E-state index contributed by atoms with van der Waals surface area (Å²) in [4.78, 5) is 46.2. The standard InChI is InChI=1S/C38H38F2N6O6/c1-4-16-45-37(48)35(43-46(38(45)49)27-9-6-25(39)7-10-27)36(47)42-26-8-11-32(29(40)21-26)52-31-12-15-41-30-23-33(50-3)34(22-28(30)31)51-20-5-17-44-18-13-24(2)14-19-44/h4,6-12,15,21-24H,1,5,13-14,16-20H2,2-3H3,(H,42,47). The number of hydrogen-bond acceptors (Lipinski definition) is 9. The first-order valence-corrected chi connectivity index (χ1v) is 16.9. The van der Waals surface area contributed by atoms with Crippen LogP contribution in [0.25, 0.3) is 16.6 Å². The molecule has 0 aliphatic carbocycles. The third-order valence-electron chi connectivity index (χ3n) is 8.81. The molecule has 1 aliphatic rings. The van der Waals surface area contributed by atoms with Crippen LogP contribution in [-0.2, 0) is 6.54 Å². The van der Waals surface area contributed by atoms with E-state index in [-0.39, 0.29) is 23.7 Å². The maximum atomic E-state index is 15.5. The number of piperidine rings is 1. The second-order valence-corrected chi connectivity index (χ2v) is 12.5. The van der Waals surface area contributed by atoms with Crippen LogP contribution in [0.4, 0.5) is 14.5 Å². The maximum absolute atomic E-state index is 15.5. The van der Waals surface area contributed by atoms with Crippen LogP contribution in [0.1, 0.15) is 36.7 Å². The fraction of sp³-hybridized carbons (Fsp3) is 0.289. The van der Waals surface area contributed by atoms with Crippen molar-refractivity contribution < 1.29 is 27.8 Å². The van der Waals surface area contributed by atoms with Gasteiger partial charge in [0.2, 0.25) is 5.69 Å². The van der Waals surface area contributed by atoms with E-state index >= 15 is 4.39 Å². The van der Waals surface area contributed by atoms with Crippen molar-refractivity contribution in [3.05, 3.63) is 118 Å². The molecule has 0 unspecified atom stereocenters. The van der Waals surface area contributed by atoms with Gasteiger partial charge in [-0.2, -0.15) is 9.78 Å². The van der Waals surface area contributed by atoms with Gasteiger partial charge >= 0.3 is 5.69 Å². The molecule has 0 spiro atoms. The molecule has 0 saturated carbocycles. The minimum Gasteiger partial charge on any atom is -0.493 e. The summed E-state index contributed by atoms with van der Waals surface area (Å²) >= 11 is 0. The molecule has 1 fully saturated rings. The van der Waals surface area contributed by atoms with Crippen molar-refractivity contribution in [1.29, 1.82) is 0 Å². The van der Waals surface area contributed by atoms with Gasteiger partial charge in [-0.1, -0.05) is 13.0 Å². The van der Waals surface area contributed by atoms with Crippen LogP contribution in [0.3, 0.4) is 0 Å². The lowest BCUT2D eigenvalue weighted by molar-refractivity contribution is 0.101. The summed E-state index contributed by atoms with van der Waals surface area (Å²) in [6.07, 6.45) is 6.10. The van der Waals surface area contributed by atoms with Gasteiger partial charge in [-0.3, -0.25) is 19.1 Å². The number of likely N-dealkylation sites (tertiary alicyclic amines) is 1. The highest BCUT2D eigenvalue weighted by Crippen LogP contribution is 2.38. The molecule has 1 N–H and O–H groups in total. The van der Waals surface area contributed by atoms with Gasteiger partial charge < -0.3 is 24.4 Å². The van der Waals surface area contributed by atoms with Crippen molar-refractivity contribution >= 4 is 22.5 Å². The SMILES string of the molecule is C=CCn1c(=O)c(C(=O)Nc2ccc(Oc3ccnc4cc(OC)c(OCCCN5CCC(C)CC5)cc34)c(F)c2)nn(-c2ccc(F)cc2)c1=O. The topological polar surface area (TPSA) is 130 Å². The minimum absolute atomic E-state index is 0.00933. The van der Waals surface area contributed by atoms with Gasteiger partial charge in [0.15, 0.2) is 23.1 Å². The predicted octanol–water partition coefficient (Wildman–Crippen LogP) is 5.96. The van der Waals surface area contributed by atoms with Crippen LogP contribution in [0.2, 0.25) is 0 Å². The third kappa shape index (κ3) is 8.02. The average Bonchev–Trinajstić information content (AvgIpc) is 3.14. The molecule has 1 aliphatic heterocycles. The second-order valence-electron chi connectivity index (χ2n) is 12.5. The first-order chi connectivity index (χ1) is 25.1. The van der Waals surface area contributed by atoms with Gasteiger partial charge in [0.25, 0.3) is 11.5 Å². The van der Waals surface area contributed by atoms with Crippen LogP contribution in [-0.4, -0.2) is 63.5 Å². The monoisotopic (exact) mass is 712 g/mol. The molecule has 1 saturated heterocycles. The summed E-state index contributed by atoms with van der Waals surface area (Å²) in [5.74, 6) is -0.414. The lowest BCUT2D eigenvalue weighted by atomic mass is 9.99. The number of benzene rings is 3. The Balaban J connectivity index is 1.19. The number of hydrogen-bond donors (Lipinski definition) is 1. The first-order valence-electron chi connectivity index (χ1n) is 16.9. The summed E-state index contributed by atoms with van der Waals surface area (Å²) < 4.78 is 48.2. The number of halogens is 2. The van der Waals surface area contributed by atoms with E-state index in [2.05, 4.69) is 33.8 Å². The Labute approximate surface area is 297 Å². The van der Waals surface area contributed by atoms with Crippen LogP contribution >= 0.6 is 0 Å². The highest BCUT2D eigenvalue weighted by atomic mass is 19.1. The Morgan fingerprint density at radius 3 is 2.48 bits per heavy atom. The highest BCUT2D eigenvalue weighted by Gasteiger charge is 2.21. The lowest BCUT2D eigenvalue weighted by Gasteiger charge is -2.30. The first kappa shape index (κ1) is 35.9. The molecule has 12 nitrogen and oxygen atoms in total. The molecule has 6 rings (SSSR count). The van der Waals surface area contributed by atoms with Gasteiger partial charge in [0.05, 0.1) is 24.9 Å². The van der Waals surface area contributed by atoms with Gasteiger partial charge in [0, 0.05) is 42.5 Å². The number of carbonyl (C=O) groups excluding carboxylic acids is 1. The fourth-order valence-electron chi connectivity index (χ4n) is 5.91. The number of methoxy groups -OCH3 is 1. The van der Waals surface area contributed by atoms with Crippen molar-refractivity contribution in [2.45, 2.75) is 32.7 Å². The zero-order chi connectivity index (χ0) is 36.8. The Hall–Kier alpha value is -5.89. The number of pyridine rings is 1. The number of nitrogens with one attached hydrogen (secondary N) is 1. The van der Waals surface area contributed by atoms with Crippen molar-refractivity contribution in [3.63, 3.8) is 0 Å². The van der Waals surface area contributed by atoms with Gasteiger partial charge in [-0.25, -0.2) is 13.6 Å². The smallest absolute Gasteiger partial charge is 0.352 e. The normalized spacial score (nSPS) is 13.5. The van der Waals surface area contributed by atoms with Crippen LogP contribution in [0, 0.1) is 17.6 Å². The number of allylic oxidation sites excluding steroid dienone is 1. The number of aromatic nitrogens is 4. The fourth-order valence-corrected chi connectivity index (χ4v) is 5.91. The van der Waals surface area contributed by atoms with Gasteiger partial charge in [0.1, 0.15) is 11.6 Å². The average molecular weight is 713 g/mol. The van der Waals surface area contributed by atoms with Crippen molar-refractivity contribution in [1.82, 2.24) is 24.2 Å². The molecule has 270 valence electrons. The molecular formula is C38H38F2N6O6. The van der Waals surface area contributed by atoms with Gasteiger partial charge in [-0.05, 0) is 86.8 Å². The second kappa shape index (κ2) is 16.0. The summed E-state index contributed by atoms with van der Waals surface area (Å²) in [6, 6.07) is 13.6. The number of ether oxygens (including phenoxy) is 3. The number of rotatable bonds is 13. The molecule has 5 aromatic rings. The van der Waals surface area contributed by atoms with E-state index in [1.165, 1.54) is 49.4 Å². The van der Waals surface area contributed by atoms with Crippen molar-refractivity contribution in [2.75, 3.05) is 38.7 Å². The van der Waals surface area contributed by atoms with E-state index in [9.17, 15) is 18.8 Å². The van der Waals surface area contributed by atoms with E-state index in [4.69, 9.17) is 14.2 Å². The molecule has 2 aromatic heterocycles. The van der Waals surface area contributed by atoms with E-state index in [1.54, 1.807) is 25.3 Å². The molecule has 3 heterocycles. The van der Waals surface area contributed by atoms with E-state index in [0.29, 0.717) is 34.8 Å². The number of amides is 1. The molecule has 14 heteroatoms. The van der Waals surface area contributed by atoms with Crippen LogP contribution < -0.4 is 30.8 Å². The summed E-state index contributed by atoms with van der Waals surface area (Å²) in [6.45, 7) is 9.25. The Kier molecular flexibility index (Phi) is 11.0. The van der Waals surface area contributed by atoms with Gasteiger partial charge in [-0.15, -0.1) is 6.58 Å². The Morgan fingerprint density at radius 2 is 1.77 bits per heavy atom.